The maximum atomic E-state index is 13.4. The van der Waals surface area contributed by atoms with Gasteiger partial charge >= 0.3 is 5.97 Å². The fourth-order valence-corrected chi connectivity index (χ4v) is 5.14. The number of aliphatic hydroxyl groups excluding tert-OH is 1. The topological polar surface area (TPSA) is 121 Å². The number of benzene rings is 2. The molecular weight excluding hydrogens is 472 g/mol. The smallest absolute Gasteiger partial charge is 0.330 e. The van der Waals surface area contributed by atoms with Crippen molar-refractivity contribution in [1.29, 1.82) is 0 Å². The van der Waals surface area contributed by atoms with Crippen LogP contribution in [-0.4, -0.2) is 75.6 Å². The zero-order valence-corrected chi connectivity index (χ0v) is 20.5. The first-order valence-electron chi connectivity index (χ1n) is 11.4. The lowest BCUT2D eigenvalue weighted by atomic mass is 9.85. The number of carbonyl (C=O) groups excluding carboxylic acids is 5. The highest BCUT2D eigenvalue weighted by molar-refractivity contribution is 7.80. The number of rotatable bonds is 8. The van der Waals surface area contributed by atoms with E-state index in [-0.39, 0.29) is 57.9 Å². The van der Waals surface area contributed by atoms with Crippen LogP contribution in [0.3, 0.4) is 0 Å². The zero-order valence-electron chi connectivity index (χ0n) is 19.6. The van der Waals surface area contributed by atoms with E-state index in [1.807, 2.05) is 13.8 Å². The number of imide groups is 2. The molecule has 10 heteroatoms. The van der Waals surface area contributed by atoms with Gasteiger partial charge in [-0.05, 0) is 43.5 Å². The van der Waals surface area contributed by atoms with Crippen molar-refractivity contribution in [3.8, 4) is 0 Å². The maximum absolute atomic E-state index is 13.4. The molecule has 0 aromatic heterocycles. The summed E-state index contributed by atoms with van der Waals surface area (Å²) in [7, 11) is 0. The molecule has 0 saturated carbocycles. The molecule has 2 heterocycles. The fourth-order valence-electron chi connectivity index (χ4n) is 4.83. The molecular formula is C25H26N2O7S. The first-order chi connectivity index (χ1) is 16.7. The van der Waals surface area contributed by atoms with Crippen LogP contribution in [0, 0.1) is 5.92 Å². The minimum atomic E-state index is -1.23. The van der Waals surface area contributed by atoms with Crippen LogP contribution in [0.15, 0.2) is 24.3 Å². The van der Waals surface area contributed by atoms with E-state index >= 15 is 0 Å². The van der Waals surface area contributed by atoms with E-state index in [1.165, 1.54) is 24.3 Å². The van der Waals surface area contributed by atoms with Gasteiger partial charge in [-0.25, -0.2) is 4.79 Å². The normalized spacial score (nSPS) is 16.9. The molecule has 0 fully saturated rings. The van der Waals surface area contributed by atoms with Gasteiger partial charge in [-0.3, -0.25) is 29.0 Å². The van der Waals surface area contributed by atoms with E-state index in [0.29, 0.717) is 6.42 Å². The molecule has 4 amide bonds. The number of hydrogen-bond donors (Lipinski definition) is 2. The molecule has 2 aliphatic heterocycles. The van der Waals surface area contributed by atoms with Crippen LogP contribution in [0.2, 0.25) is 0 Å². The molecule has 0 aliphatic carbocycles. The average molecular weight is 499 g/mol. The average Bonchev–Trinajstić information content (AvgIpc) is 2.82. The molecule has 184 valence electrons. The third kappa shape index (κ3) is 3.81. The van der Waals surface area contributed by atoms with Crippen molar-refractivity contribution >= 4 is 53.0 Å². The second-order valence-electron chi connectivity index (χ2n) is 8.95. The fraction of sp³-hybridized carbons (Fsp3) is 0.400. The van der Waals surface area contributed by atoms with Crippen molar-refractivity contribution in [2.75, 3.05) is 19.0 Å². The van der Waals surface area contributed by atoms with Gasteiger partial charge in [-0.2, -0.15) is 12.6 Å². The van der Waals surface area contributed by atoms with Crippen LogP contribution in [0.4, 0.5) is 0 Å². The van der Waals surface area contributed by atoms with E-state index in [4.69, 9.17) is 4.74 Å². The molecule has 2 unspecified atom stereocenters. The third-order valence-electron chi connectivity index (χ3n) is 6.32. The molecule has 2 atom stereocenters. The molecule has 1 N–H and O–H groups in total. The van der Waals surface area contributed by atoms with E-state index in [2.05, 4.69) is 12.6 Å². The van der Waals surface area contributed by atoms with E-state index in [0.717, 1.165) is 9.80 Å². The maximum Gasteiger partial charge on any atom is 0.330 e. The molecule has 4 rings (SSSR count). The summed E-state index contributed by atoms with van der Waals surface area (Å²) in [5.41, 5.74) is 0.553. The van der Waals surface area contributed by atoms with Crippen LogP contribution >= 0.6 is 12.6 Å². The number of amides is 4. The summed E-state index contributed by atoms with van der Waals surface area (Å²) in [6, 6.07) is 3.81. The van der Waals surface area contributed by atoms with Gasteiger partial charge < -0.3 is 9.84 Å². The predicted octanol–water partition coefficient (Wildman–Crippen LogP) is 2.30. The van der Waals surface area contributed by atoms with Crippen molar-refractivity contribution in [3.05, 3.63) is 46.5 Å². The van der Waals surface area contributed by atoms with Crippen molar-refractivity contribution in [2.45, 2.75) is 39.3 Å². The van der Waals surface area contributed by atoms with Crippen molar-refractivity contribution in [3.63, 3.8) is 0 Å². The second kappa shape index (κ2) is 9.43. The van der Waals surface area contributed by atoms with E-state index in [1.54, 1.807) is 6.92 Å². The van der Waals surface area contributed by atoms with Crippen molar-refractivity contribution < 1.29 is 33.8 Å². The summed E-state index contributed by atoms with van der Waals surface area (Å²) < 4.78 is 5.02. The first-order valence-corrected chi connectivity index (χ1v) is 12.0. The monoisotopic (exact) mass is 498 g/mol. The molecule has 2 aromatic carbocycles. The lowest BCUT2D eigenvalue weighted by molar-refractivity contribution is -0.147. The highest BCUT2D eigenvalue weighted by atomic mass is 32.1. The number of hydrogen-bond acceptors (Lipinski definition) is 8. The summed E-state index contributed by atoms with van der Waals surface area (Å²) in [5.74, 6) is -3.39. The number of nitrogens with zero attached hydrogens (tertiary/aromatic N) is 2. The van der Waals surface area contributed by atoms with Crippen LogP contribution in [0.5, 0.6) is 0 Å². The Morgan fingerprint density at radius 1 is 0.886 bits per heavy atom. The molecule has 35 heavy (non-hydrogen) atoms. The van der Waals surface area contributed by atoms with Crippen LogP contribution in [0.1, 0.15) is 68.6 Å². The van der Waals surface area contributed by atoms with Crippen LogP contribution in [-0.2, 0) is 9.53 Å². The molecule has 0 bridgehead atoms. The molecule has 0 radical (unpaired) electrons. The predicted molar refractivity (Wildman–Crippen MR) is 130 cm³/mol. The SMILES string of the molecule is CCOC(=O)C(CS)N1C(=O)c2ccc3c4c(ccc(c24)C1=O)C(=O)N(C(CO)CC(C)C)C3=O. The summed E-state index contributed by atoms with van der Waals surface area (Å²) in [6.45, 7) is 5.17. The molecule has 9 nitrogen and oxygen atoms in total. The number of ether oxygens (including phenoxy) is 1. The largest absolute Gasteiger partial charge is 0.464 e. The lowest BCUT2D eigenvalue weighted by Crippen LogP contribution is -2.52. The minimum absolute atomic E-state index is 0.0740. The summed E-state index contributed by atoms with van der Waals surface area (Å²) >= 11 is 4.15. The zero-order chi connectivity index (χ0) is 25.6. The van der Waals surface area contributed by atoms with Gasteiger partial charge in [0, 0.05) is 38.8 Å². The highest BCUT2D eigenvalue weighted by Crippen LogP contribution is 2.39. The molecule has 0 saturated heterocycles. The van der Waals surface area contributed by atoms with Crippen LogP contribution in [0.25, 0.3) is 10.8 Å². The van der Waals surface area contributed by atoms with Gasteiger partial charge in [-0.1, -0.05) is 13.8 Å². The van der Waals surface area contributed by atoms with Crippen LogP contribution < -0.4 is 0 Å². The van der Waals surface area contributed by atoms with Gasteiger partial charge in [0.2, 0.25) is 0 Å². The molecule has 2 aliphatic rings. The van der Waals surface area contributed by atoms with E-state index in [9.17, 15) is 29.1 Å². The number of thiol groups is 1. The second-order valence-corrected chi connectivity index (χ2v) is 9.31. The van der Waals surface area contributed by atoms with E-state index < -0.39 is 41.7 Å². The summed E-state index contributed by atoms with van der Waals surface area (Å²) in [5, 5.41) is 10.3. The molecule has 2 aromatic rings. The standard InChI is InChI=1S/C25H26N2O7S/c1-4-34-25(33)18(11-35)27-23(31)16-7-5-14-19-15(6-8-17(20(16)19)24(27)32)22(30)26(21(14)29)13(10-28)9-12(2)3/h5-8,12-13,18,28,35H,4,9-11H2,1-3H3. The number of aliphatic hydroxyl groups is 1. The molecule has 0 spiro atoms. The quantitative estimate of drug-likeness (QED) is 0.325. The van der Waals surface area contributed by atoms with Gasteiger partial charge in [-0.15, -0.1) is 0 Å². The Kier molecular flexibility index (Phi) is 6.70. The highest BCUT2D eigenvalue weighted by Gasteiger charge is 2.44. The summed E-state index contributed by atoms with van der Waals surface area (Å²) in [4.78, 5) is 68.0. The number of carbonyl (C=O) groups is 5. The van der Waals surface area contributed by atoms with Gasteiger partial charge in [0.15, 0.2) is 0 Å². The first kappa shape index (κ1) is 24.9. The van der Waals surface area contributed by atoms with Crippen molar-refractivity contribution in [2.24, 2.45) is 5.92 Å². The Balaban J connectivity index is 1.87. The Bertz CT molecular complexity index is 1200. The lowest BCUT2D eigenvalue weighted by Gasteiger charge is -2.36. The van der Waals surface area contributed by atoms with Gasteiger partial charge in [0.25, 0.3) is 23.6 Å². The Morgan fingerprint density at radius 3 is 1.66 bits per heavy atom. The Labute approximate surface area is 207 Å². The summed E-state index contributed by atoms with van der Waals surface area (Å²) in [6.07, 6.45) is 0.424. The Hall–Kier alpha value is -3.24. The number of esters is 1. The van der Waals surface area contributed by atoms with Crippen molar-refractivity contribution in [1.82, 2.24) is 9.80 Å². The van der Waals surface area contributed by atoms with Gasteiger partial charge in [0.05, 0.1) is 19.3 Å². The third-order valence-corrected chi connectivity index (χ3v) is 6.67. The van der Waals surface area contributed by atoms with Gasteiger partial charge in [0.1, 0.15) is 6.04 Å². The minimum Gasteiger partial charge on any atom is -0.464 e. The Morgan fingerprint density at radius 2 is 1.31 bits per heavy atom.